The fourth-order valence-electron chi connectivity index (χ4n) is 2.76. The Hall–Kier alpha value is -1.01. The van der Waals surface area contributed by atoms with Gasteiger partial charge in [-0.25, -0.2) is 0 Å². The van der Waals surface area contributed by atoms with E-state index in [1.165, 1.54) is 16.9 Å². The van der Waals surface area contributed by atoms with Crippen molar-refractivity contribution in [2.75, 3.05) is 6.26 Å². The summed E-state index contributed by atoms with van der Waals surface area (Å²) in [5.74, 6) is -0.102. The number of carbonyl (C=O) groups is 1. The smallest absolute Gasteiger partial charge is 0.262 e. The van der Waals surface area contributed by atoms with E-state index in [1.54, 1.807) is 18.4 Å². The first-order valence-electron chi connectivity index (χ1n) is 7.07. The van der Waals surface area contributed by atoms with Gasteiger partial charge in [0.05, 0.1) is 10.9 Å². The second-order valence-corrected chi connectivity index (χ2v) is 8.46. The van der Waals surface area contributed by atoms with Gasteiger partial charge in [-0.05, 0) is 59.8 Å². The number of hydrogen-bond donors (Lipinski definition) is 1. The minimum atomic E-state index is -1.05. The van der Waals surface area contributed by atoms with Crippen LogP contribution in [-0.4, -0.2) is 16.7 Å². The van der Waals surface area contributed by atoms with E-state index < -0.39 is 11.2 Å². The molecule has 3 rings (SSSR count). The van der Waals surface area contributed by atoms with Crippen molar-refractivity contribution in [1.82, 2.24) is 5.32 Å². The fraction of sp³-hybridized carbons (Fsp3) is 0.312. The van der Waals surface area contributed by atoms with E-state index in [9.17, 15) is 9.35 Å². The highest BCUT2D eigenvalue weighted by Crippen LogP contribution is 2.32. The largest absolute Gasteiger partial charge is 0.611 e. The van der Waals surface area contributed by atoms with Gasteiger partial charge in [0, 0.05) is 11.1 Å². The van der Waals surface area contributed by atoms with Gasteiger partial charge in [0.15, 0.2) is 0 Å². The van der Waals surface area contributed by atoms with Crippen molar-refractivity contribution >= 4 is 40.0 Å². The molecule has 0 fully saturated rings. The zero-order valence-corrected chi connectivity index (χ0v) is 14.5. The molecule has 1 aliphatic carbocycles. The number of thiophene rings is 1. The summed E-state index contributed by atoms with van der Waals surface area (Å²) >= 11 is 6.29. The van der Waals surface area contributed by atoms with Crippen molar-refractivity contribution in [3.05, 3.63) is 51.4 Å². The average Bonchev–Trinajstić information content (AvgIpc) is 2.97. The van der Waals surface area contributed by atoms with Crippen LogP contribution in [0.4, 0.5) is 0 Å². The number of amides is 1. The Morgan fingerprint density at radius 2 is 2.23 bits per heavy atom. The van der Waals surface area contributed by atoms with Crippen molar-refractivity contribution in [3.8, 4) is 0 Å². The molecule has 1 heterocycles. The van der Waals surface area contributed by atoms with Gasteiger partial charge >= 0.3 is 0 Å². The Bertz CT molecular complexity index is 699. The molecule has 1 N–H and O–H groups in total. The molecule has 22 heavy (non-hydrogen) atoms. The van der Waals surface area contributed by atoms with Gasteiger partial charge in [-0.15, -0.1) is 0 Å². The van der Waals surface area contributed by atoms with Crippen molar-refractivity contribution < 1.29 is 9.35 Å². The van der Waals surface area contributed by atoms with Crippen LogP contribution in [0.15, 0.2) is 34.5 Å². The zero-order valence-electron chi connectivity index (χ0n) is 12.1. The molecule has 0 saturated carbocycles. The van der Waals surface area contributed by atoms with Crippen molar-refractivity contribution in [3.63, 3.8) is 0 Å². The first-order valence-corrected chi connectivity index (χ1v) is 9.82. The van der Waals surface area contributed by atoms with Gasteiger partial charge in [-0.3, -0.25) is 4.79 Å². The van der Waals surface area contributed by atoms with E-state index in [2.05, 4.69) is 5.32 Å². The van der Waals surface area contributed by atoms with E-state index in [4.69, 9.17) is 11.6 Å². The molecule has 0 saturated heterocycles. The predicted molar refractivity (Wildman–Crippen MR) is 91.2 cm³/mol. The summed E-state index contributed by atoms with van der Waals surface area (Å²) in [5.41, 5.74) is 2.37. The summed E-state index contributed by atoms with van der Waals surface area (Å²) in [6, 6.07) is 9.37. The number of rotatable bonds is 3. The normalized spacial score (nSPS) is 18.6. The molecule has 1 unspecified atom stereocenters. The molecule has 2 atom stereocenters. The van der Waals surface area contributed by atoms with Crippen LogP contribution in [0, 0.1) is 0 Å². The van der Waals surface area contributed by atoms with Crippen molar-refractivity contribution in [1.29, 1.82) is 0 Å². The molecule has 0 bridgehead atoms. The van der Waals surface area contributed by atoms with E-state index in [0.29, 0.717) is 4.88 Å². The molecular weight excluding hydrogens is 338 g/mol. The molecule has 1 amide bonds. The SMILES string of the molecule is C[S+]([O-])c1ccc(C(=O)N[C@H]2CCCc3cc(Cl)ccc32)s1. The molecule has 0 spiro atoms. The molecule has 116 valence electrons. The zero-order chi connectivity index (χ0) is 15.7. The van der Waals surface area contributed by atoms with Gasteiger partial charge in [0.1, 0.15) is 6.26 Å². The molecule has 6 heteroatoms. The van der Waals surface area contributed by atoms with Gasteiger partial charge < -0.3 is 9.87 Å². The van der Waals surface area contributed by atoms with Crippen molar-refractivity contribution in [2.24, 2.45) is 0 Å². The second kappa shape index (κ2) is 6.62. The molecule has 0 aliphatic heterocycles. The Balaban J connectivity index is 1.77. The van der Waals surface area contributed by atoms with Crippen LogP contribution in [0.5, 0.6) is 0 Å². The third kappa shape index (κ3) is 3.33. The second-order valence-electron chi connectivity index (χ2n) is 5.33. The standard InChI is InChI=1S/C16H16ClNO2S2/c1-22(20)15-8-7-14(21-15)16(19)18-13-4-2-3-10-9-11(17)5-6-12(10)13/h5-9,13H,2-4H2,1H3,(H,18,19)/t13-,22?/m0/s1. The predicted octanol–water partition coefficient (Wildman–Crippen LogP) is 3.95. The number of nitrogens with one attached hydrogen (secondary N) is 1. The maximum absolute atomic E-state index is 12.4. The highest BCUT2D eigenvalue weighted by molar-refractivity contribution is 7.92. The Labute approximate surface area is 141 Å². The molecule has 3 nitrogen and oxygen atoms in total. The molecule has 2 aromatic rings. The van der Waals surface area contributed by atoms with Gasteiger partial charge in [0.25, 0.3) is 5.91 Å². The summed E-state index contributed by atoms with van der Waals surface area (Å²) in [6.45, 7) is 0. The van der Waals surface area contributed by atoms with E-state index >= 15 is 0 Å². The quantitative estimate of drug-likeness (QED) is 0.849. The topological polar surface area (TPSA) is 52.2 Å². The number of carbonyl (C=O) groups excluding carboxylic acids is 1. The minimum Gasteiger partial charge on any atom is -0.611 e. The number of hydrogen-bond acceptors (Lipinski definition) is 3. The van der Waals surface area contributed by atoms with Crippen LogP contribution in [0.2, 0.25) is 5.02 Å². The average molecular weight is 354 g/mol. The van der Waals surface area contributed by atoms with Crippen LogP contribution in [0.25, 0.3) is 0 Å². The third-order valence-corrected chi connectivity index (χ3v) is 6.58. The van der Waals surface area contributed by atoms with Crippen LogP contribution >= 0.6 is 22.9 Å². The van der Waals surface area contributed by atoms with Gasteiger partial charge in [-0.1, -0.05) is 29.0 Å². The molecular formula is C16H16ClNO2S2. The van der Waals surface area contributed by atoms with Crippen molar-refractivity contribution in [2.45, 2.75) is 29.5 Å². The van der Waals surface area contributed by atoms with E-state index in [-0.39, 0.29) is 11.9 Å². The summed E-state index contributed by atoms with van der Waals surface area (Å²) < 4.78 is 12.2. The lowest BCUT2D eigenvalue weighted by atomic mass is 9.87. The first-order chi connectivity index (χ1) is 10.5. The Kier molecular flexibility index (Phi) is 4.78. The summed E-state index contributed by atoms with van der Waals surface area (Å²) in [5, 5.41) is 3.83. The number of benzene rings is 1. The lowest BCUT2D eigenvalue weighted by Crippen LogP contribution is -2.30. The summed E-state index contributed by atoms with van der Waals surface area (Å²) in [6.07, 6.45) is 4.58. The number of aryl methyl sites for hydroxylation is 1. The fourth-order valence-corrected chi connectivity index (χ4v) is 4.59. The third-order valence-electron chi connectivity index (χ3n) is 3.81. The number of fused-ring (bicyclic) bond motifs is 1. The highest BCUT2D eigenvalue weighted by Gasteiger charge is 2.23. The van der Waals surface area contributed by atoms with Gasteiger partial charge in [0.2, 0.25) is 4.21 Å². The minimum absolute atomic E-state index is 0.0196. The molecule has 1 aromatic heterocycles. The van der Waals surface area contributed by atoms with Crippen LogP contribution < -0.4 is 5.32 Å². The number of halogens is 1. The maximum atomic E-state index is 12.4. The Morgan fingerprint density at radius 1 is 1.41 bits per heavy atom. The monoisotopic (exact) mass is 353 g/mol. The van der Waals surface area contributed by atoms with Crippen LogP contribution in [-0.2, 0) is 17.6 Å². The van der Waals surface area contributed by atoms with Crippen LogP contribution in [0.3, 0.4) is 0 Å². The maximum Gasteiger partial charge on any atom is 0.262 e. The lowest BCUT2D eigenvalue weighted by Gasteiger charge is -2.26. The lowest BCUT2D eigenvalue weighted by molar-refractivity contribution is 0.0937. The highest BCUT2D eigenvalue weighted by atomic mass is 35.5. The van der Waals surface area contributed by atoms with E-state index in [0.717, 1.165) is 34.1 Å². The van der Waals surface area contributed by atoms with E-state index in [1.807, 2.05) is 18.2 Å². The molecule has 1 aromatic carbocycles. The summed E-state index contributed by atoms with van der Waals surface area (Å²) in [7, 11) is 0. The molecule has 1 aliphatic rings. The molecule has 0 radical (unpaired) electrons. The van der Waals surface area contributed by atoms with Crippen LogP contribution in [0.1, 0.15) is 39.7 Å². The Morgan fingerprint density at radius 3 is 2.95 bits per heavy atom. The first kappa shape index (κ1) is 15.9. The summed E-state index contributed by atoms with van der Waals surface area (Å²) in [4.78, 5) is 13.0. The van der Waals surface area contributed by atoms with Gasteiger partial charge in [-0.2, -0.15) is 0 Å².